The first-order valence-corrected chi connectivity index (χ1v) is 7.51. The number of halogens is 2. The molecule has 0 amide bonds. The zero-order valence-corrected chi connectivity index (χ0v) is 14.0. The van der Waals surface area contributed by atoms with Crippen molar-refractivity contribution in [3.8, 4) is 0 Å². The molecule has 0 bridgehead atoms. The van der Waals surface area contributed by atoms with Crippen molar-refractivity contribution >= 4 is 31.9 Å². The maximum Gasteiger partial charge on any atom is 0.0738 e. The maximum atomic E-state index is 5.69. The van der Waals surface area contributed by atoms with E-state index in [1.807, 2.05) is 30.8 Å². The largest absolute Gasteiger partial charge is 0.271 e. The topological polar surface area (TPSA) is 55.9 Å². The maximum absolute atomic E-state index is 5.69. The number of aromatic nitrogens is 2. The summed E-state index contributed by atoms with van der Waals surface area (Å²) >= 11 is 7.02. The lowest BCUT2D eigenvalue weighted by Gasteiger charge is -2.17. The Morgan fingerprint density at radius 1 is 1.32 bits per heavy atom. The molecule has 1 aromatic heterocycles. The van der Waals surface area contributed by atoms with E-state index in [2.05, 4.69) is 54.5 Å². The molecule has 3 N–H and O–H groups in total. The standard InChI is InChI=1S/C13H16Br2N4/c1-8-13(15)12(19(2)18-8)7-11(17-16)9-3-5-10(14)6-4-9/h3-6,11,17H,7,16H2,1-2H3. The summed E-state index contributed by atoms with van der Waals surface area (Å²) in [5.41, 5.74) is 6.14. The van der Waals surface area contributed by atoms with Crippen LogP contribution >= 0.6 is 31.9 Å². The number of nitrogens with one attached hydrogen (secondary N) is 1. The smallest absolute Gasteiger partial charge is 0.0738 e. The van der Waals surface area contributed by atoms with Crippen LogP contribution in [0, 0.1) is 6.92 Å². The molecule has 0 aliphatic rings. The third kappa shape index (κ3) is 3.25. The molecule has 0 radical (unpaired) electrons. The number of aryl methyl sites for hydroxylation is 2. The van der Waals surface area contributed by atoms with Gasteiger partial charge in [-0.15, -0.1) is 0 Å². The zero-order chi connectivity index (χ0) is 14.0. The number of nitrogens with two attached hydrogens (primary N) is 1. The average Bonchev–Trinajstić information content (AvgIpc) is 2.63. The van der Waals surface area contributed by atoms with Crippen LogP contribution < -0.4 is 11.3 Å². The van der Waals surface area contributed by atoms with Gasteiger partial charge >= 0.3 is 0 Å². The van der Waals surface area contributed by atoms with Crippen molar-refractivity contribution in [3.05, 3.63) is 50.2 Å². The monoisotopic (exact) mass is 386 g/mol. The molecular formula is C13H16Br2N4. The Morgan fingerprint density at radius 3 is 2.42 bits per heavy atom. The fraction of sp³-hybridized carbons (Fsp3) is 0.308. The summed E-state index contributed by atoms with van der Waals surface area (Å²) in [6, 6.07) is 8.21. The lowest BCUT2D eigenvalue weighted by molar-refractivity contribution is 0.529. The van der Waals surface area contributed by atoms with Crippen LogP contribution in [0.1, 0.15) is 23.0 Å². The van der Waals surface area contributed by atoms with E-state index >= 15 is 0 Å². The van der Waals surface area contributed by atoms with Gasteiger partial charge in [0, 0.05) is 17.9 Å². The summed E-state index contributed by atoms with van der Waals surface area (Å²) in [5.74, 6) is 5.69. The summed E-state index contributed by atoms with van der Waals surface area (Å²) in [7, 11) is 1.95. The molecule has 102 valence electrons. The summed E-state index contributed by atoms with van der Waals surface area (Å²) in [5, 5.41) is 4.40. The van der Waals surface area contributed by atoms with Crippen molar-refractivity contribution < 1.29 is 0 Å². The van der Waals surface area contributed by atoms with Gasteiger partial charge in [0.15, 0.2) is 0 Å². The van der Waals surface area contributed by atoms with Gasteiger partial charge in [-0.3, -0.25) is 16.0 Å². The molecule has 1 atom stereocenters. The summed E-state index contributed by atoms with van der Waals surface area (Å²) in [6.45, 7) is 1.98. The highest BCUT2D eigenvalue weighted by Crippen LogP contribution is 2.26. The van der Waals surface area contributed by atoms with Crippen LogP contribution in [0.2, 0.25) is 0 Å². The number of benzene rings is 1. The molecule has 0 spiro atoms. The third-order valence-electron chi connectivity index (χ3n) is 3.13. The van der Waals surface area contributed by atoms with E-state index < -0.39 is 0 Å². The van der Waals surface area contributed by atoms with Gasteiger partial charge in [0.2, 0.25) is 0 Å². The van der Waals surface area contributed by atoms with Gasteiger partial charge in [0.1, 0.15) is 0 Å². The average molecular weight is 388 g/mol. The normalized spacial score (nSPS) is 12.7. The first-order chi connectivity index (χ1) is 9.02. The van der Waals surface area contributed by atoms with Crippen LogP contribution in [0.5, 0.6) is 0 Å². The first kappa shape index (κ1) is 14.7. The lowest BCUT2D eigenvalue weighted by atomic mass is 10.0. The number of nitrogens with zero attached hydrogens (tertiary/aromatic N) is 2. The van der Waals surface area contributed by atoms with E-state index in [1.165, 1.54) is 0 Å². The molecule has 4 nitrogen and oxygen atoms in total. The molecule has 1 aromatic carbocycles. The van der Waals surface area contributed by atoms with E-state index in [0.29, 0.717) is 0 Å². The van der Waals surface area contributed by atoms with Crippen molar-refractivity contribution in [3.63, 3.8) is 0 Å². The van der Waals surface area contributed by atoms with Crippen molar-refractivity contribution in [1.29, 1.82) is 0 Å². The van der Waals surface area contributed by atoms with Crippen LogP contribution in [-0.2, 0) is 13.5 Å². The predicted molar refractivity (Wildman–Crippen MR) is 83.6 cm³/mol. The fourth-order valence-electron chi connectivity index (χ4n) is 2.06. The number of hydrogen-bond donors (Lipinski definition) is 2. The Labute approximate surface area is 129 Å². The van der Waals surface area contributed by atoms with Crippen molar-refractivity contribution in [2.45, 2.75) is 19.4 Å². The highest BCUT2D eigenvalue weighted by molar-refractivity contribution is 9.10. The first-order valence-electron chi connectivity index (χ1n) is 5.92. The summed E-state index contributed by atoms with van der Waals surface area (Å²) < 4.78 is 4.00. The van der Waals surface area contributed by atoms with Gasteiger partial charge in [-0.1, -0.05) is 28.1 Å². The second-order valence-corrected chi connectivity index (χ2v) is 6.15. The van der Waals surface area contributed by atoms with Crippen molar-refractivity contribution in [2.75, 3.05) is 0 Å². The van der Waals surface area contributed by atoms with Crippen LogP contribution in [-0.4, -0.2) is 9.78 Å². The molecule has 6 heteroatoms. The lowest BCUT2D eigenvalue weighted by Crippen LogP contribution is -2.30. The van der Waals surface area contributed by atoms with Gasteiger partial charge < -0.3 is 0 Å². The Hall–Kier alpha value is -0.690. The highest BCUT2D eigenvalue weighted by atomic mass is 79.9. The molecular weight excluding hydrogens is 372 g/mol. The summed E-state index contributed by atoms with van der Waals surface area (Å²) in [4.78, 5) is 0. The molecule has 2 rings (SSSR count). The quantitative estimate of drug-likeness (QED) is 0.626. The second-order valence-electron chi connectivity index (χ2n) is 4.44. The summed E-state index contributed by atoms with van der Waals surface area (Å²) in [6.07, 6.45) is 0.774. The highest BCUT2D eigenvalue weighted by Gasteiger charge is 2.17. The minimum Gasteiger partial charge on any atom is -0.271 e. The molecule has 2 aromatic rings. The van der Waals surface area contributed by atoms with Gasteiger partial charge in [0.05, 0.1) is 21.9 Å². The van der Waals surface area contributed by atoms with Crippen molar-refractivity contribution in [2.24, 2.45) is 12.9 Å². The van der Waals surface area contributed by atoms with E-state index in [4.69, 9.17) is 5.84 Å². The van der Waals surface area contributed by atoms with Crippen molar-refractivity contribution in [1.82, 2.24) is 15.2 Å². The Morgan fingerprint density at radius 2 is 1.95 bits per heavy atom. The zero-order valence-electron chi connectivity index (χ0n) is 10.8. The number of hydrogen-bond acceptors (Lipinski definition) is 3. The van der Waals surface area contributed by atoms with E-state index in [0.717, 1.165) is 32.3 Å². The minimum atomic E-state index is 0.0548. The molecule has 0 aliphatic heterocycles. The molecule has 19 heavy (non-hydrogen) atoms. The van der Waals surface area contributed by atoms with Crippen LogP contribution in [0.15, 0.2) is 33.2 Å². The predicted octanol–water partition coefficient (Wildman–Crippen LogP) is 3.00. The number of hydrazine groups is 1. The SMILES string of the molecule is Cc1nn(C)c(CC(NN)c2ccc(Br)cc2)c1Br. The molecule has 0 fully saturated rings. The van der Waals surface area contributed by atoms with Crippen LogP contribution in [0.3, 0.4) is 0 Å². The Bertz CT molecular complexity index is 563. The molecule has 1 heterocycles. The van der Waals surface area contributed by atoms with Gasteiger partial charge in [-0.05, 0) is 40.5 Å². The van der Waals surface area contributed by atoms with E-state index in [9.17, 15) is 0 Å². The Balaban J connectivity index is 2.26. The second kappa shape index (κ2) is 6.17. The number of rotatable bonds is 4. The molecule has 0 saturated heterocycles. The Kier molecular flexibility index (Phi) is 4.78. The minimum absolute atomic E-state index is 0.0548. The molecule has 0 aliphatic carbocycles. The molecule has 1 unspecified atom stereocenters. The van der Waals surface area contributed by atoms with Gasteiger partial charge in [0.25, 0.3) is 0 Å². The van der Waals surface area contributed by atoms with Gasteiger partial charge in [-0.2, -0.15) is 5.10 Å². The fourth-order valence-corrected chi connectivity index (χ4v) is 2.83. The third-order valence-corrected chi connectivity index (χ3v) is 4.69. The molecule has 0 saturated carbocycles. The van der Waals surface area contributed by atoms with E-state index in [-0.39, 0.29) is 6.04 Å². The van der Waals surface area contributed by atoms with Gasteiger partial charge in [-0.25, -0.2) is 0 Å². The van der Waals surface area contributed by atoms with Crippen LogP contribution in [0.4, 0.5) is 0 Å². The van der Waals surface area contributed by atoms with E-state index in [1.54, 1.807) is 0 Å². The van der Waals surface area contributed by atoms with Crippen LogP contribution in [0.25, 0.3) is 0 Å².